The second-order valence-electron chi connectivity index (χ2n) is 4.67. The van der Waals surface area contributed by atoms with Gasteiger partial charge in [0.1, 0.15) is 11.5 Å². The molecule has 0 amide bonds. The fraction of sp³-hybridized carbons (Fsp3) is 0.500. The summed E-state index contributed by atoms with van der Waals surface area (Å²) in [5.41, 5.74) is 2.74. The average Bonchev–Trinajstić information content (AvgIpc) is 2.42. The molecule has 0 spiro atoms. The molecule has 0 saturated carbocycles. The van der Waals surface area contributed by atoms with Crippen LogP contribution in [-0.4, -0.2) is 13.2 Å². The fourth-order valence-electron chi connectivity index (χ4n) is 2.16. The maximum absolute atomic E-state index is 5.85. The summed E-state index contributed by atoms with van der Waals surface area (Å²) in [6, 6.07) is 8.55. The van der Waals surface area contributed by atoms with E-state index in [1.54, 1.807) is 0 Å². The lowest BCUT2D eigenvalue weighted by atomic mass is 9.94. The lowest BCUT2D eigenvalue weighted by Crippen LogP contribution is -2.14. The Morgan fingerprint density at radius 1 is 0.833 bits per heavy atom. The SMILES string of the molecule is CCCOC1=C(OCCC)Cc2ccccc2C1. The van der Waals surface area contributed by atoms with Crippen LogP contribution in [0, 0.1) is 0 Å². The molecule has 0 bridgehead atoms. The molecule has 18 heavy (non-hydrogen) atoms. The van der Waals surface area contributed by atoms with Crippen molar-refractivity contribution in [1.82, 2.24) is 0 Å². The van der Waals surface area contributed by atoms with Gasteiger partial charge in [-0.1, -0.05) is 38.1 Å². The summed E-state index contributed by atoms with van der Waals surface area (Å²) in [5, 5.41) is 0. The van der Waals surface area contributed by atoms with E-state index in [-0.39, 0.29) is 0 Å². The normalized spacial score (nSPS) is 14.3. The Kier molecular flexibility index (Phi) is 4.68. The molecular formula is C16H22O2. The molecule has 0 atom stereocenters. The van der Waals surface area contributed by atoms with Crippen LogP contribution in [0.4, 0.5) is 0 Å². The average molecular weight is 246 g/mol. The minimum Gasteiger partial charge on any atom is -0.494 e. The molecule has 0 saturated heterocycles. The van der Waals surface area contributed by atoms with Gasteiger partial charge in [0.25, 0.3) is 0 Å². The van der Waals surface area contributed by atoms with Crippen molar-refractivity contribution in [3.8, 4) is 0 Å². The third-order valence-corrected chi connectivity index (χ3v) is 3.09. The van der Waals surface area contributed by atoms with Crippen LogP contribution in [0.2, 0.25) is 0 Å². The summed E-state index contributed by atoms with van der Waals surface area (Å²) in [7, 11) is 0. The molecule has 98 valence electrons. The fourth-order valence-corrected chi connectivity index (χ4v) is 2.16. The first-order valence-corrected chi connectivity index (χ1v) is 6.89. The van der Waals surface area contributed by atoms with E-state index in [1.807, 2.05) is 0 Å². The summed E-state index contributed by atoms with van der Waals surface area (Å²) in [5.74, 6) is 2.06. The Morgan fingerprint density at radius 3 is 1.67 bits per heavy atom. The smallest absolute Gasteiger partial charge is 0.138 e. The van der Waals surface area contributed by atoms with Gasteiger partial charge in [-0.05, 0) is 24.0 Å². The molecular weight excluding hydrogens is 224 g/mol. The minimum atomic E-state index is 0.774. The van der Waals surface area contributed by atoms with Crippen LogP contribution >= 0.6 is 0 Å². The largest absolute Gasteiger partial charge is 0.494 e. The third kappa shape index (κ3) is 3.06. The Hall–Kier alpha value is -1.44. The lowest BCUT2D eigenvalue weighted by Gasteiger charge is -2.23. The minimum absolute atomic E-state index is 0.774. The Bertz CT molecular complexity index is 382. The highest BCUT2D eigenvalue weighted by molar-refractivity contribution is 5.37. The maximum atomic E-state index is 5.85. The summed E-state index contributed by atoms with van der Waals surface area (Å²) in [6.45, 7) is 5.81. The van der Waals surface area contributed by atoms with Gasteiger partial charge in [-0.3, -0.25) is 0 Å². The molecule has 1 aliphatic carbocycles. The molecule has 2 heteroatoms. The van der Waals surface area contributed by atoms with Crippen LogP contribution in [0.3, 0.4) is 0 Å². The topological polar surface area (TPSA) is 18.5 Å². The molecule has 2 nitrogen and oxygen atoms in total. The van der Waals surface area contributed by atoms with Crippen molar-refractivity contribution in [3.63, 3.8) is 0 Å². The molecule has 0 heterocycles. The zero-order valence-corrected chi connectivity index (χ0v) is 11.4. The molecule has 0 unspecified atom stereocenters. The molecule has 0 fully saturated rings. The molecule has 0 aromatic heterocycles. The summed E-state index contributed by atoms with van der Waals surface area (Å²) >= 11 is 0. The van der Waals surface area contributed by atoms with E-state index >= 15 is 0 Å². The second kappa shape index (κ2) is 6.48. The Labute approximate surface area is 110 Å². The summed E-state index contributed by atoms with van der Waals surface area (Å²) in [4.78, 5) is 0. The van der Waals surface area contributed by atoms with E-state index in [2.05, 4.69) is 38.1 Å². The van der Waals surface area contributed by atoms with Gasteiger partial charge in [-0.15, -0.1) is 0 Å². The molecule has 0 N–H and O–H groups in total. The molecule has 0 aliphatic heterocycles. The van der Waals surface area contributed by atoms with Gasteiger partial charge in [0.05, 0.1) is 13.2 Å². The first-order chi connectivity index (χ1) is 8.85. The van der Waals surface area contributed by atoms with Gasteiger partial charge >= 0.3 is 0 Å². The molecule has 1 aromatic rings. The zero-order chi connectivity index (χ0) is 12.8. The van der Waals surface area contributed by atoms with Crippen LogP contribution in [0.1, 0.15) is 37.8 Å². The van der Waals surface area contributed by atoms with E-state index in [0.29, 0.717) is 0 Å². The summed E-state index contributed by atoms with van der Waals surface area (Å²) < 4.78 is 11.7. The van der Waals surface area contributed by atoms with Crippen LogP contribution in [0.25, 0.3) is 0 Å². The van der Waals surface area contributed by atoms with E-state index in [1.165, 1.54) is 11.1 Å². The predicted octanol–water partition coefficient (Wildman–Crippen LogP) is 3.85. The number of allylic oxidation sites excluding steroid dienone is 2. The highest BCUT2D eigenvalue weighted by atomic mass is 16.5. The molecule has 1 aromatic carbocycles. The second-order valence-corrected chi connectivity index (χ2v) is 4.67. The van der Waals surface area contributed by atoms with Crippen LogP contribution < -0.4 is 0 Å². The van der Waals surface area contributed by atoms with Crippen molar-refractivity contribution < 1.29 is 9.47 Å². The highest BCUT2D eigenvalue weighted by Gasteiger charge is 2.19. The van der Waals surface area contributed by atoms with Crippen LogP contribution in [-0.2, 0) is 22.3 Å². The standard InChI is InChI=1S/C16H22O2/c1-3-9-17-15-11-13-7-5-6-8-14(13)12-16(15)18-10-4-2/h5-8H,3-4,9-12H2,1-2H3. The maximum Gasteiger partial charge on any atom is 0.138 e. The van der Waals surface area contributed by atoms with E-state index in [0.717, 1.165) is 50.4 Å². The Morgan fingerprint density at radius 2 is 1.28 bits per heavy atom. The third-order valence-electron chi connectivity index (χ3n) is 3.09. The molecule has 2 rings (SSSR count). The van der Waals surface area contributed by atoms with Gasteiger partial charge in [-0.2, -0.15) is 0 Å². The van der Waals surface area contributed by atoms with Gasteiger partial charge in [0, 0.05) is 12.8 Å². The number of ether oxygens (including phenoxy) is 2. The first kappa shape index (κ1) is 13.0. The van der Waals surface area contributed by atoms with Gasteiger partial charge in [0.15, 0.2) is 0 Å². The quantitative estimate of drug-likeness (QED) is 0.759. The van der Waals surface area contributed by atoms with Crippen molar-refractivity contribution in [3.05, 3.63) is 46.9 Å². The van der Waals surface area contributed by atoms with E-state index in [9.17, 15) is 0 Å². The monoisotopic (exact) mass is 246 g/mol. The van der Waals surface area contributed by atoms with Crippen LogP contribution in [0.5, 0.6) is 0 Å². The molecule has 1 aliphatic rings. The number of rotatable bonds is 6. The Balaban J connectivity index is 2.15. The number of hydrogen-bond acceptors (Lipinski definition) is 2. The zero-order valence-electron chi connectivity index (χ0n) is 11.4. The number of hydrogen-bond donors (Lipinski definition) is 0. The summed E-state index contributed by atoms with van der Waals surface area (Å²) in [6.07, 6.45) is 3.81. The number of fused-ring (bicyclic) bond motifs is 1. The van der Waals surface area contributed by atoms with Crippen molar-refractivity contribution in [2.75, 3.05) is 13.2 Å². The van der Waals surface area contributed by atoms with Crippen molar-refractivity contribution in [1.29, 1.82) is 0 Å². The van der Waals surface area contributed by atoms with Gasteiger partial charge in [0.2, 0.25) is 0 Å². The van der Waals surface area contributed by atoms with Crippen molar-refractivity contribution in [2.45, 2.75) is 39.5 Å². The van der Waals surface area contributed by atoms with Crippen LogP contribution in [0.15, 0.2) is 35.8 Å². The first-order valence-electron chi connectivity index (χ1n) is 6.89. The molecule has 0 radical (unpaired) electrons. The van der Waals surface area contributed by atoms with E-state index < -0.39 is 0 Å². The van der Waals surface area contributed by atoms with Gasteiger partial charge < -0.3 is 9.47 Å². The van der Waals surface area contributed by atoms with Crippen molar-refractivity contribution >= 4 is 0 Å². The lowest BCUT2D eigenvalue weighted by molar-refractivity contribution is 0.142. The predicted molar refractivity (Wildman–Crippen MR) is 73.4 cm³/mol. The van der Waals surface area contributed by atoms with Gasteiger partial charge in [-0.25, -0.2) is 0 Å². The highest BCUT2D eigenvalue weighted by Crippen LogP contribution is 2.27. The van der Waals surface area contributed by atoms with Crippen molar-refractivity contribution in [2.24, 2.45) is 0 Å². The number of benzene rings is 1. The van der Waals surface area contributed by atoms with E-state index in [4.69, 9.17) is 9.47 Å².